The smallest absolute Gasteiger partial charge is 0.221 e. The number of likely N-dealkylation sites (tertiary alicyclic amines) is 1. The van der Waals surface area contributed by atoms with Crippen LogP contribution in [0.15, 0.2) is 36.5 Å². The average molecular weight is 333 g/mol. The molecule has 0 bridgehead atoms. The molecule has 0 aliphatic carbocycles. The van der Waals surface area contributed by atoms with E-state index >= 15 is 0 Å². The van der Waals surface area contributed by atoms with Gasteiger partial charge in [-0.25, -0.2) is 4.98 Å². The van der Waals surface area contributed by atoms with Crippen LogP contribution >= 0.6 is 0 Å². The number of hydrogen-bond acceptors (Lipinski definition) is 3. The first kappa shape index (κ1) is 22.4. The van der Waals surface area contributed by atoms with E-state index in [1.807, 2.05) is 65.9 Å². The second-order valence-corrected chi connectivity index (χ2v) is 5.10. The van der Waals surface area contributed by atoms with E-state index < -0.39 is 0 Å². The van der Waals surface area contributed by atoms with Crippen LogP contribution in [0.2, 0.25) is 0 Å². The summed E-state index contributed by atoms with van der Waals surface area (Å²) in [6, 6.07) is 10.8. The van der Waals surface area contributed by atoms with Crippen LogP contribution in [0.4, 0.5) is 0 Å². The first-order valence-electron chi connectivity index (χ1n) is 9.44. The fraction of sp³-hybridized carbons (Fsp3) is 0.571. The number of likely N-dealkylation sites (N-methyl/N-ethyl adjacent to an activating group) is 1. The van der Waals surface area contributed by atoms with Gasteiger partial charge in [0.05, 0.1) is 0 Å². The average Bonchev–Trinajstić information content (AvgIpc) is 2.98. The lowest BCUT2D eigenvalue weighted by Crippen LogP contribution is -2.23. The minimum Gasteiger partial charge on any atom is -0.472 e. The number of benzene rings is 1. The van der Waals surface area contributed by atoms with Crippen molar-refractivity contribution in [2.24, 2.45) is 0 Å². The number of rotatable bonds is 2. The summed E-state index contributed by atoms with van der Waals surface area (Å²) in [5, 5.41) is 2.28. The number of hydrogen-bond donors (Lipinski definition) is 0. The van der Waals surface area contributed by atoms with Crippen molar-refractivity contribution in [2.45, 2.75) is 67.0 Å². The number of fused-ring (bicyclic) bond motifs is 1. The van der Waals surface area contributed by atoms with Crippen molar-refractivity contribution in [1.29, 1.82) is 0 Å². The van der Waals surface area contributed by atoms with Gasteiger partial charge in [0.2, 0.25) is 5.88 Å². The largest absolute Gasteiger partial charge is 0.472 e. The molecule has 0 saturated carbocycles. The standard InChI is InChI=1S/C15H18N2O.3C2H6/c1-11-9-13(10-17(11)2)18-15-14-6-4-3-5-12(14)7-8-16-15;3*1-2/h3-8,11,13H,9-10H2,1-2H3;3*1-2H3. The third-order valence-corrected chi connectivity index (χ3v) is 3.76. The molecule has 3 rings (SSSR count). The fourth-order valence-electron chi connectivity index (χ4n) is 2.57. The Morgan fingerprint density at radius 3 is 2.21 bits per heavy atom. The highest BCUT2D eigenvalue weighted by Crippen LogP contribution is 2.26. The Morgan fingerprint density at radius 2 is 1.62 bits per heavy atom. The van der Waals surface area contributed by atoms with E-state index in [1.54, 1.807) is 0 Å². The van der Waals surface area contributed by atoms with Crippen LogP contribution in [-0.2, 0) is 0 Å². The van der Waals surface area contributed by atoms with Crippen molar-refractivity contribution >= 4 is 10.8 Å². The molecule has 1 aromatic carbocycles. The minimum atomic E-state index is 0.253. The van der Waals surface area contributed by atoms with E-state index in [9.17, 15) is 0 Å². The van der Waals surface area contributed by atoms with Gasteiger partial charge in [-0.05, 0) is 31.5 Å². The van der Waals surface area contributed by atoms with Crippen LogP contribution in [0, 0.1) is 0 Å². The van der Waals surface area contributed by atoms with Crippen molar-refractivity contribution in [1.82, 2.24) is 9.88 Å². The minimum absolute atomic E-state index is 0.253. The zero-order valence-corrected chi connectivity index (χ0v) is 16.8. The van der Waals surface area contributed by atoms with Gasteiger partial charge < -0.3 is 4.74 Å². The molecule has 0 amide bonds. The summed E-state index contributed by atoms with van der Waals surface area (Å²) in [6.45, 7) is 15.2. The molecule has 2 unspecified atom stereocenters. The molecule has 1 fully saturated rings. The molecule has 0 N–H and O–H groups in total. The summed E-state index contributed by atoms with van der Waals surface area (Å²) >= 11 is 0. The van der Waals surface area contributed by atoms with Crippen LogP contribution in [0.1, 0.15) is 54.9 Å². The number of ether oxygens (including phenoxy) is 1. The predicted molar refractivity (Wildman–Crippen MR) is 107 cm³/mol. The Morgan fingerprint density at radius 1 is 1.00 bits per heavy atom. The lowest BCUT2D eigenvalue weighted by atomic mass is 10.2. The molecule has 0 radical (unpaired) electrons. The van der Waals surface area contributed by atoms with Gasteiger partial charge in [0.15, 0.2) is 0 Å². The second-order valence-electron chi connectivity index (χ2n) is 5.10. The van der Waals surface area contributed by atoms with Crippen LogP contribution in [0.25, 0.3) is 10.8 Å². The van der Waals surface area contributed by atoms with E-state index in [2.05, 4.69) is 36.0 Å². The molecule has 2 aromatic rings. The van der Waals surface area contributed by atoms with Gasteiger partial charge in [-0.3, -0.25) is 4.90 Å². The van der Waals surface area contributed by atoms with Crippen molar-refractivity contribution in [3.05, 3.63) is 36.5 Å². The van der Waals surface area contributed by atoms with Gasteiger partial charge >= 0.3 is 0 Å². The van der Waals surface area contributed by atoms with Crippen LogP contribution in [0.5, 0.6) is 5.88 Å². The third-order valence-electron chi connectivity index (χ3n) is 3.76. The molecule has 136 valence electrons. The molecule has 1 saturated heterocycles. The summed E-state index contributed by atoms with van der Waals surface area (Å²) in [5.41, 5.74) is 0. The van der Waals surface area contributed by atoms with Crippen LogP contribution in [0.3, 0.4) is 0 Å². The number of aromatic nitrogens is 1. The molecule has 1 aromatic heterocycles. The first-order valence-corrected chi connectivity index (χ1v) is 9.44. The molecule has 2 heterocycles. The summed E-state index contributed by atoms with van der Waals surface area (Å²) in [4.78, 5) is 6.71. The zero-order chi connectivity index (χ0) is 18.5. The maximum absolute atomic E-state index is 6.08. The Kier molecular flexibility index (Phi) is 11.9. The predicted octanol–water partition coefficient (Wildman–Crippen LogP) is 5.78. The van der Waals surface area contributed by atoms with Gasteiger partial charge in [0.25, 0.3) is 0 Å². The van der Waals surface area contributed by atoms with Gasteiger partial charge in [0, 0.05) is 30.6 Å². The van der Waals surface area contributed by atoms with Crippen molar-refractivity contribution in [3.8, 4) is 5.88 Å². The maximum atomic E-state index is 6.08. The van der Waals surface area contributed by atoms with E-state index in [0.29, 0.717) is 6.04 Å². The Balaban J connectivity index is 0.000000798. The van der Waals surface area contributed by atoms with Crippen molar-refractivity contribution in [2.75, 3.05) is 13.6 Å². The van der Waals surface area contributed by atoms with E-state index in [1.165, 1.54) is 5.39 Å². The lowest BCUT2D eigenvalue weighted by molar-refractivity contribution is 0.203. The highest BCUT2D eigenvalue weighted by molar-refractivity contribution is 5.86. The van der Waals surface area contributed by atoms with Gasteiger partial charge in [-0.2, -0.15) is 0 Å². The van der Waals surface area contributed by atoms with E-state index in [0.717, 1.165) is 24.2 Å². The summed E-state index contributed by atoms with van der Waals surface area (Å²) in [6.07, 6.45) is 3.14. The maximum Gasteiger partial charge on any atom is 0.221 e. The van der Waals surface area contributed by atoms with Crippen molar-refractivity contribution in [3.63, 3.8) is 0 Å². The molecule has 2 atom stereocenters. The normalized spacial score (nSPS) is 19.2. The molecular weight excluding hydrogens is 296 g/mol. The lowest BCUT2D eigenvalue weighted by Gasteiger charge is -2.14. The van der Waals surface area contributed by atoms with E-state index in [4.69, 9.17) is 4.74 Å². The molecule has 1 aliphatic rings. The van der Waals surface area contributed by atoms with Crippen LogP contribution < -0.4 is 4.74 Å². The molecular formula is C21H36N2O. The highest BCUT2D eigenvalue weighted by atomic mass is 16.5. The van der Waals surface area contributed by atoms with E-state index in [-0.39, 0.29) is 6.10 Å². The van der Waals surface area contributed by atoms with Gasteiger partial charge in [-0.15, -0.1) is 0 Å². The molecule has 1 aliphatic heterocycles. The summed E-state index contributed by atoms with van der Waals surface area (Å²) in [7, 11) is 2.14. The molecule has 0 spiro atoms. The summed E-state index contributed by atoms with van der Waals surface area (Å²) in [5.74, 6) is 0.764. The summed E-state index contributed by atoms with van der Waals surface area (Å²) < 4.78 is 6.08. The quantitative estimate of drug-likeness (QED) is 0.696. The Labute approximate surface area is 149 Å². The Hall–Kier alpha value is -1.61. The van der Waals surface area contributed by atoms with Crippen molar-refractivity contribution < 1.29 is 4.74 Å². The topological polar surface area (TPSA) is 25.4 Å². The van der Waals surface area contributed by atoms with Gasteiger partial charge in [-0.1, -0.05) is 59.7 Å². The molecule has 3 heteroatoms. The van der Waals surface area contributed by atoms with Crippen LogP contribution in [-0.4, -0.2) is 35.6 Å². The molecule has 24 heavy (non-hydrogen) atoms. The zero-order valence-electron chi connectivity index (χ0n) is 16.8. The first-order chi connectivity index (χ1) is 11.7. The highest BCUT2D eigenvalue weighted by Gasteiger charge is 2.28. The fourth-order valence-corrected chi connectivity index (χ4v) is 2.57. The second kappa shape index (κ2) is 12.8. The SMILES string of the molecule is CC.CC.CC.CC1CC(Oc2nccc3ccccc23)CN1C. The number of nitrogens with zero attached hydrogens (tertiary/aromatic N) is 2. The molecule has 3 nitrogen and oxygen atoms in total. The Bertz CT molecular complexity index is 541. The third kappa shape index (κ3) is 6.12. The number of pyridine rings is 1. The van der Waals surface area contributed by atoms with Gasteiger partial charge in [0.1, 0.15) is 6.10 Å². The monoisotopic (exact) mass is 332 g/mol.